The fourth-order valence-electron chi connectivity index (χ4n) is 1.02. The van der Waals surface area contributed by atoms with Gasteiger partial charge in [-0.05, 0) is 0 Å². The van der Waals surface area contributed by atoms with Crippen molar-refractivity contribution >= 4 is 33.7 Å². The van der Waals surface area contributed by atoms with Crippen molar-refractivity contribution in [1.29, 1.82) is 0 Å². The van der Waals surface area contributed by atoms with Crippen LogP contribution < -0.4 is 0 Å². The first kappa shape index (κ1) is 7.26. The van der Waals surface area contributed by atoms with Crippen LogP contribution in [0.25, 0.3) is 0 Å². The molecule has 0 heterocycles. The molecular formula is C7H7NaO. The van der Waals surface area contributed by atoms with Gasteiger partial charge >= 0.3 is 72.4 Å². The predicted octanol–water partition coefficient (Wildman–Crippen LogP) is 0.958. The van der Waals surface area contributed by atoms with E-state index in [1.54, 1.807) is 6.92 Å². The van der Waals surface area contributed by atoms with Crippen molar-refractivity contribution in [2.45, 2.75) is 13.3 Å². The van der Waals surface area contributed by atoms with Crippen molar-refractivity contribution in [3.8, 4) is 0 Å². The van der Waals surface area contributed by atoms with Crippen LogP contribution in [0, 0.1) is 0 Å². The summed E-state index contributed by atoms with van der Waals surface area (Å²) in [6.45, 7) is 1.63. The molecule has 1 aliphatic rings. The normalized spacial score (nSPS) is 17.2. The molecule has 1 rings (SSSR count). The molecule has 2 heteroatoms. The van der Waals surface area contributed by atoms with Gasteiger partial charge < -0.3 is 0 Å². The number of ketones is 1. The molecule has 0 aliphatic heterocycles. The Morgan fingerprint density at radius 1 is 1.78 bits per heavy atom. The summed E-state index contributed by atoms with van der Waals surface area (Å²) in [6.07, 6.45) is 5.00. The zero-order valence-corrected chi connectivity index (χ0v) is 7.77. The van der Waals surface area contributed by atoms with Crippen LogP contribution in [0.4, 0.5) is 0 Å². The number of hydrogen-bond acceptors (Lipinski definition) is 1. The summed E-state index contributed by atoms with van der Waals surface area (Å²) in [7, 11) is 0. The zero-order valence-electron chi connectivity index (χ0n) is 5.77. The zero-order chi connectivity index (χ0) is 6.85. The number of Topliss-reactive ketones (excluding diaryl/α,β-unsaturated/α-hetero) is 1. The van der Waals surface area contributed by atoms with Crippen LogP contribution in [-0.4, -0.2) is 33.7 Å². The molecular weight excluding hydrogens is 123 g/mol. The van der Waals surface area contributed by atoms with Crippen molar-refractivity contribution < 1.29 is 4.79 Å². The minimum absolute atomic E-state index is 0.216. The van der Waals surface area contributed by atoms with Crippen LogP contribution >= 0.6 is 0 Å². The molecule has 0 saturated carbocycles. The van der Waals surface area contributed by atoms with E-state index in [0.717, 1.165) is 39.9 Å². The number of hydrogen-bond donors (Lipinski definition) is 0. The quantitative estimate of drug-likeness (QED) is 0.483. The summed E-state index contributed by atoms with van der Waals surface area (Å²) in [6, 6.07) is 0. The minimum atomic E-state index is 0.216. The van der Waals surface area contributed by atoms with Crippen LogP contribution in [0.15, 0.2) is 20.5 Å². The fourth-order valence-corrected chi connectivity index (χ4v) is 1.78. The average Bonchev–Trinajstić information content (AvgIpc) is 2.13. The Balaban J connectivity index is 2.89. The predicted molar refractivity (Wildman–Crippen MR) is 37.2 cm³/mol. The van der Waals surface area contributed by atoms with Gasteiger partial charge in [0.15, 0.2) is 0 Å². The van der Waals surface area contributed by atoms with Crippen LogP contribution in [0.5, 0.6) is 0 Å². The fraction of sp³-hybridized carbons (Fsp3) is 0.286. The summed E-state index contributed by atoms with van der Waals surface area (Å²) >= 11 is 1.03. The summed E-state index contributed by atoms with van der Waals surface area (Å²) in [4.78, 5) is 10.8. The van der Waals surface area contributed by atoms with Crippen LogP contribution in [0.3, 0.4) is 0 Å². The van der Waals surface area contributed by atoms with Crippen LogP contribution in [0.1, 0.15) is 13.3 Å². The Morgan fingerprint density at radius 3 is 2.67 bits per heavy atom. The Kier molecular flexibility index (Phi) is 2.28. The Bertz CT molecular complexity index is 201. The van der Waals surface area contributed by atoms with Gasteiger partial charge in [0.05, 0.1) is 0 Å². The molecule has 0 unspecified atom stereocenters. The molecule has 0 aromatic carbocycles. The molecule has 0 amide bonds. The van der Waals surface area contributed by atoms with E-state index in [1.807, 2.05) is 6.08 Å². The Labute approximate surface area is 72.2 Å². The van der Waals surface area contributed by atoms with Gasteiger partial charge in [-0.2, -0.15) is 0 Å². The van der Waals surface area contributed by atoms with Gasteiger partial charge in [-0.3, -0.25) is 0 Å². The van der Waals surface area contributed by atoms with Crippen molar-refractivity contribution in [2.24, 2.45) is 0 Å². The molecule has 0 N–H and O–H groups in total. The number of carbonyl (C=O) groups is 1. The molecule has 0 fully saturated rings. The summed E-state index contributed by atoms with van der Waals surface area (Å²) in [5.74, 6) is 0.216. The van der Waals surface area contributed by atoms with Gasteiger partial charge in [-0.1, -0.05) is 0 Å². The topological polar surface area (TPSA) is 17.1 Å². The van der Waals surface area contributed by atoms with Gasteiger partial charge in [0.1, 0.15) is 0 Å². The third kappa shape index (κ3) is 1.54. The first-order valence-corrected chi connectivity index (χ1v) is 4.09. The van der Waals surface area contributed by atoms with E-state index in [0.29, 0.717) is 0 Å². The number of rotatable bonds is 1. The second-order valence-electron chi connectivity index (χ2n) is 2.36. The molecule has 42 valence electrons. The summed E-state index contributed by atoms with van der Waals surface area (Å²) in [5, 5.41) is 0. The second kappa shape index (κ2) is 2.82. The van der Waals surface area contributed by atoms with Crippen LogP contribution in [0.2, 0.25) is 0 Å². The monoisotopic (exact) mass is 130 g/mol. The maximum absolute atomic E-state index is 10.8. The third-order valence-corrected chi connectivity index (χ3v) is 2.49. The molecule has 0 atom stereocenters. The summed E-state index contributed by atoms with van der Waals surface area (Å²) < 4.78 is 1.34. The van der Waals surface area contributed by atoms with Gasteiger partial charge in [0, 0.05) is 0 Å². The van der Waals surface area contributed by atoms with Gasteiger partial charge in [-0.15, -0.1) is 0 Å². The van der Waals surface area contributed by atoms with E-state index in [4.69, 9.17) is 0 Å². The molecule has 0 saturated heterocycles. The van der Waals surface area contributed by atoms with Crippen molar-refractivity contribution in [3.05, 3.63) is 20.5 Å². The van der Waals surface area contributed by atoms with Crippen molar-refractivity contribution in [3.63, 3.8) is 0 Å². The van der Waals surface area contributed by atoms with Crippen molar-refractivity contribution in [1.82, 2.24) is 0 Å². The Morgan fingerprint density at radius 2 is 2.44 bits per heavy atom. The number of allylic oxidation sites excluding steroid dienone is 4. The third-order valence-electron chi connectivity index (χ3n) is 1.55. The second-order valence-corrected chi connectivity index (χ2v) is 3.56. The van der Waals surface area contributed by atoms with E-state index >= 15 is 0 Å². The molecule has 0 radical (unpaired) electrons. The SMILES string of the molecule is CC(=O)C1=[C]([Na])CC=C1. The van der Waals surface area contributed by atoms with Crippen molar-refractivity contribution in [2.75, 3.05) is 0 Å². The molecule has 0 aromatic heterocycles. The molecule has 0 bridgehead atoms. The first-order valence-electron chi connectivity index (χ1n) is 3.09. The van der Waals surface area contributed by atoms with E-state index in [-0.39, 0.29) is 5.78 Å². The average molecular weight is 130 g/mol. The van der Waals surface area contributed by atoms with E-state index in [9.17, 15) is 4.79 Å². The molecule has 9 heavy (non-hydrogen) atoms. The molecule has 1 nitrogen and oxygen atoms in total. The molecule has 0 spiro atoms. The standard InChI is InChI=1S/C7H7O.Na/c1-6(8)7-4-2-3-5-7;/h2,4H,3H2,1H3;. The van der Waals surface area contributed by atoms with E-state index in [2.05, 4.69) is 6.08 Å². The van der Waals surface area contributed by atoms with Gasteiger partial charge in [0.2, 0.25) is 0 Å². The van der Waals surface area contributed by atoms with E-state index < -0.39 is 0 Å². The van der Waals surface area contributed by atoms with Gasteiger partial charge in [0.25, 0.3) is 0 Å². The molecule has 1 aliphatic carbocycles. The summed E-state index contributed by atoms with van der Waals surface area (Å²) in [5.41, 5.74) is 0.960. The number of carbonyl (C=O) groups excluding carboxylic acids is 1. The molecule has 0 aromatic rings. The first-order chi connectivity index (χ1) is 4.22. The van der Waals surface area contributed by atoms with Crippen LogP contribution in [-0.2, 0) is 4.79 Å². The van der Waals surface area contributed by atoms with E-state index in [1.165, 1.54) is 2.82 Å². The maximum atomic E-state index is 10.8. The Hall–Kier alpha value is 0.150. The van der Waals surface area contributed by atoms with Gasteiger partial charge in [-0.25, -0.2) is 0 Å².